The molecule has 35 heavy (non-hydrogen) atoms. The van der Waals surface area contributed by atoms with E-state index < -0.39 is 17.3 Å². The maximum Gasteiger partial charge on any atom is 0.262 e. The summed E-state index contributed by atoms with van der Waals surface area (Å²) in [7, 11) is 1.77. The minimum Gasteiger partial charge on any atom is -0.345 e. The number of rotatable bonds is 6. The first kappa shape index (κ1) is 23.0. The number of hydrogen-bond acceptors (Lipinski definition) is 3. The van der Waals surface area contributed by atoms with E-state index in [1.807, 2.05) is 0 Å². The fourth-order valence-electron chi connectivity index (χ4n) is 4.91. The fraction of sp³-hybridized carbons (Fsp3) is 0.296. The van der Waals surface area contributed by atoms with Crippen LogP contribution >= 0.6 is 0 Å². The molecule has 2 heterocycles. The van der Waals surface area contributed by atoms with Crippen molar-refractivity contribution < 1.29 is 13.6 Å². The second kappa shape index (κ2) is 9.09. The van der Waals surface area contributed by atoms with Crippen molar-refractivity contribution in [2.75, 3.05) is 0 Å². The average molecular weight is 477 g/mol. The van der Waals surface area contributed by atoms with E-state index in [9.17, 15) is 18.4 Å². The van der Waals surface area contributed by atoms with Gasteiger partial charge in [-0.15, -0.1) is 0 Å². The molecule has 4 aromatic rings. The van der Waals surface area contributed by atoms with Crippen LogP contribution in [-0.2, 0) is 13.6 Å². The Balaban J connectivity index is 1.62. The number of halogens is 2. The van der Waals surface area contributed by atoms with Crippen LogP contribution in [0.2, 0.25) is 0 Å². The second-order valence-corrected chi connectivity index (χ2v) is 9.19. The summed E-state index contributed by atoms with van der Waals surface area (Å²) in [5.74, 6) is -1.29. The van der Waals surface area contributed by atoms with Crippen molar-refractivity contribution in [2.45, 2.75) is 38.8 Å². The Morgan fingerprint density at radius 2 is 1.94 bits per heavy atom. The van der Waals surface area contributed by atoms with E-state index >= 15 is 0 Å². The smallest absolute Gasteiger partial charge is 0.262 e. The average Bonchev–Trinajstić information content (AvgIpc) is 3.19. The molecule has 0 saturated heterocycles. The molecule has 0 spiro atoms. The fourth-order valence-corrected chi connectivity index (χ4v) is 4.91. The van der Waals surface area contributed by atoms with E-state index in [2.05, 4.69) is 10.4 Å². The predicted molar refractivity (Wildman–Crippen MR) is 129 cm³/mol. The molecule has 8 heteroatoms. The monoisotopic (exact) mass is 476 g/mol. The third-order valence-corrected chi connectivity index (χ3v) is 6.94. The third kappa shape index (κ3) is 4.24. The lowest BCUT2D eigenvalue weighted by Crippen LogP contribution is -2.38. The molecule has 1 aliphatic rings. The first-order valence-electron chi connectivity index (χ1n) is 11.7. The van der Waals surface area contributed by atoms with Gasteiger partial charge in [0.05, 0.1) is 29.2 Å². The van der Waals surface area contributed by atoms with Gasteiger partial charge in [-0.1, -0.05) is 30.7 Å². The second-order valence-electron chi connectivity index (χ2n) is 9.19. The summed E-state index contributed by atoms with van der Waals surface area (Å²) in [5, 5.41) is 7.54. The van der Waals surface area contributed by atoms with Gasteiger partial charge in [-0.25, -0.2) is 8.78 Å². The summed E-state index contributed by atoms with van der Waals surface area (Å²) in [6.45, 7) is 1.79. The molecule has 0 bridgehead atoms. The number of hydrogen-bond donors (Lipinski definition) is 1. The van der Waals surface area contributed by atoms with Crippen molar-refractivity contribution in [3.63, 3.8) is 0 Å². The Hall–Kier alpha value is -3.81. The molecule has 180 valence electrons. The first-order valence-corrected chi connectivity index (χ1v) is 11.7. The van der Waals surface area contributed by atoms with Crippen LogP contribution < -0.4 is 10.9 Å². The minimum atomic E-state index is -0.683. The molecule has 1 amide bonds. The molecule has 1 saturated carbocycles. The SMILES string of the molecule is Cc1c(C(=O)N[C@H](c2cccc(F)c2)C2CCC2)c2cccc(F)c2c(=O)n1Cc1ccn(C)n1. The van der Waals surface area contributed by atoms with Crippen molar-refractivity contribution in [3.05, 3.63) is 99.2 Å². The van der Waals surface area contributed by atoms with Crippen LogP contribution in [0.5, 0.6) is 0 Å². The van der Waals surface area contributed by atoms with Crippen LogP contribution in [0.1, 0.15) is 52.6 Å². The molecule has 0 unspecified atom stereocenters. The number of carbonyl (C=O) groups is 1. The number of nitrogens with zero attached hydrogens (tertiary/aromatic N) is 3. The molecule has 5 rings (SSSR count). The molecule has 1 aliphatic carbocycles. The van der Waals surface area contributed by atoms with Crippen molar-refractivity contribution in [3.8, 4) is 0 Å². The number of aromatic nitrogens is 3. The number of fused-ring (bicyclic) bond motifs is 1. The predicted octanol–water partition coefficient (Wildman–Crippen LogP) is 4.64. The first-order chi connectivity index (χ1) is 16.8. The highest BCUT2D eigenvalue weighted by atomic mass is 19.1. The van der Waals surface area contributed by atoms with Crippen LogP contribution in [0.3, 0.4) is 0 Å². The molecule has 1 N–H and O–H groups in total. The highest BCUT2D eigenvalue weighted by Crippen LogP contribution is 2.38. The van der Waals surface area contributed by atoms with Crippen molar-refractivity contribution in [1.29, 1.82) is 0 Å². The molecule has 1 atom stereocenters. The van der Waals surface area contributed by atoms with E-state index in [-0.39, 0.29) is 40.7 Å². The Morgan fingerprint density at radius 1 is 1.17 bits per heavy atom. The van der Waals surface area contributed by atoms with Crippen LogP contribution in [0, 0.1) is 24.5 Å². The van der Waals surface area contributed by atoms with E-state index in [0.717, 1.165) is 19.3 Å². The van der Waals surface area contributed by atoms with Gasteiger partial charge in [0.2, 0.25) is 0 Å². The van der Waals surface area contributed by atoms with Crippen LogP contribution in [0.15, 0.2) is 59.5 Å². The molecule has 0 aliphatic heterocycles. The lowest BCUT2D eigenvalue weighted by Gasteiger charge is -2.35. The van der Waals surface area contributed by atoms with Crippen LogP contribution in [-0.4, -0.2) is 20.3 Å². The highest BCUT2D eigenvalue weighted by Gasteiger charge is 2.32. The largest absolute Gasteiger partial charge is 0.345 e. The zero-order valence-electron chi connectivity index (χ0n) is 19.6. The molecule has 0 radical (unpaired) electrons. The molecule has 2 aromatic carbocycles. The van der Waals surface area contributed by atoms with Crippen molar-refractivity contribution >= 4 is 16.7 Å². The zero-order valence-corrected chi connectivity index (χ0v) is 19.6. The van der Waals surface area contributed by atoms with Gasteiger partial charge in [0.1, 0.15) is 11.6 Å². The van der Waals surface area contributed by atoms with Gasteiger partial charge in [0.25, 0.3) is 11.5 Å². The number of amides is 1. The number of benzene rings is 2. The van der Waals surface area contributed by atoms with Crippen LogP contribution in [0.25, 0.3) is 10.8 Å². The Labute approximate surface area is 201 Å². The van der Waals surface area contributed by atoms with Crippen molar-refractivity contribution in [2.24, 2.45) is 13.0 Å². The zero-order chi connectivity index (χ0) is 24.7. The van der Waals surface area contributed by atoms with Gasteiger partial charge in [0.15, 0.2) is 0 Å². The Bertz CT molecular complexity index is 1490. The lowest BCUT2D eigenvalue weighted by atomic mass is 9.77. The third-order valence-electron chi connectivity index (χ3n) is 6.94. The number of carbonyl (C=O) groups excluding carboxylic acids is 1. The summed E-state index contributed by atoms with van der Waals surface area (Å²) in [6, 6.07) is 11.9. The summed E-state index contributed by atoms with van der Waals surface area (Å²) >= 11 is 0. The van der Waals surface area contributed by atoms with E-state index in [4.69, 9.17) is 0 Å². The normalized spacial score (nSPS) is 14.6. The highest BCUT2D eigenvalue weighted by molar-refractivity contribution is 6.08. The van der Waals surface area contributed by atoms with E-state index in [1.165, 1.54) is 28.8 Å². The maximum atomic E-state index is 14.9. The molecular formula is C27H26F2N4O2. The van der Waals surface area contributed by atoms with E-state index in [1.54, 1.807) is 49.1 Å². The van der Waals surface area contributed by atoms with Gasteiger partial charge >= 0.3 is 0 Å². The van der Waals surface area contributed by atoms with Gasteiger partial charge in [-0.2, -0.15) is 5.10 Å². The van der Waals surface area contributed by atoms with Crippen molar-refractivity contribution in [1.82, 2.24) is 19.7 Å². The van der Waals surface area contributed by atoms with Gasteiger partial charge in [0, 0.05) is 24.3 Å². The maximum absolute atomic E-state index is 14.9. The number of pyridine rings is 1. The molecule has 1 fully saturated rings. The topological polar surface area (TPSA) is 68.9 Å². The minimum absolute atomic E-state index is 0.103. The summed E-state index contributed by atoms with van der Waals surface area (Å²) in [5.41, 5.74) is 1.45. The summed E-state index contributed by atoms with van der Waals surface area (Å²) < 4.78 is 31.9. The van der Waals surface area contributed by atoms with E-state index in [0.29, 0.717) is 17.0 Å². The summed E-state index contributed by atoms with van der Waals surface area (Å²) in [4.78, 5) is 27.1. The quantitative estimate of drug-likeness (QED) is 0.441. The molecular weight excluding hydrogens is 450 g/mol. The van der Waals surface area contributed by atoms with Gasteiger partial charge in [-0.05, 0) is 55.5 Å². The number of nitrogens with one attached hydrogen (secondary N) is 1. The van der Waals surface area contributed by atoms with Crippen LogP contribution in [0.4, 0.5) is 8.78 Å². The van der Waals surface area contributed by atoms with Gasteiger partial charge < -0.3 is 9.88 Å². The Kier molecular flexibility index (Phi) is 5.96. The Morgan fingerprint density at radius 3 is 2.60 bits per heavy atom. The summed E-state index contributed by atoms with van der Waals surface area (Å²) in [6.07, 6.45) is 4.66. The lowest BCUT2D eigenvalue weighted by molar-refractivity contribution is 0.0900. The van der Waals surface area contributed by atoms with Gasteiger partial charge in [-0.3, -0.25) is 14.3 Å². The molecule has 2 aromatic heterocycles. The number of aryl methyl sites for hydroxylation is 1. The molecule has 6 nitrogen and oxygen atoms in total. The standard InChI is InChI=1S/C27H26F2N4O2/c1-16-23(26(34)30-25(17-6-3-7-17)18-8-4-9-19(28)14-18)21-10-5-11-22(29)24(21)27(35)33(16)15-20-12-13-32(2)31-20/h4-5,8-14,17,25H,3,6-7,15H2,1-2H3,(H,30,34)/t25-/m0/s1.